The molecular formula is C26H34Cl2N2O2S. The summed E-state index contributed by atoms with van der Waals surface area (Å²) in [5.41, 5.74) is 4.26. The first kappa shape index (κ1) is 27.6. The molecule has 180 valence electrons. The minimum Gasteiger partial charge on any atom is -0.352 e. The lowest BCUT2D eigenvalue weighted by molar-refractivity contribution is -0.139. The molecule has 1 N–H and O–H groups in total. The Bertz CT molecular complexity index is 927. The van der Waals surface area contributed by atoms with E-state index in [-0.39, 0.29) is 30.2 Å². The van der Waals surface area contributed by atoms with E-state index in [1.54, 1.807) is 34.9 Å². The molecule has 0 bridgehead atoms. The Hall–Kier alpha value is -1.69. The molecule has 2 aromatic carbocycles. The predicted octanol–water partition coefficient (Wildman–Crippen LogP) is 6.57. The number of aryl methyl sites for hydroxylation is 2. The maximum Gasteiger partial charge on any atom is 0.243 e. The van der Waals surface area contributed by atoms with E-state index in [2.05, 4.69) is 37.4 Å². The van der Waals surface area contributed by atoms with E-state index < -0.39 is 6.04 Å². The van der Waals surface area contributed by atoms with Gasteiger partial charge in [-0.05, 0) is 51.3 Å². The summed E-state index contributed by atoms with van der Waals surface area (Å²) in [6.07, 6.45) is 1.32. The zero-order valence-corrected chi connectivity index (χ0v) is 22.4. The fourth-order valence-electron chi connectivity index (χ4n) is 3.71. The largest absolute Gasteiger partial charge is 0.352 e. The van der Waals surface area contributed by atoms with Crippen molar-refractivity contribution in [2.45, 2.75) is 71.8 Å². The average Bonchev–Trinajstić information content (AvgIpc) is 2.74. The van der Waals surface area contributed by atoms with E-state index >= 15 is 0 Å². The van der Waals surface area contributed by atoms with Crippen LogP contribution >= 0.6 is 35.0 Å². The number of nitrogens with zero attached hydrogens (tertiary/aromatic N) is 1. The molecule has 0 aromatic heterocycles. The van der Waals surface area contributed by atoms with Crippen LogP contribution in [0.4, 0.5) is 0 Å². The molecule has 7 heteroatoms. The van der Waals surface area contributed by atoms with Crippen LogP contribution in [0, 0.1) is 13.8 Å². The quantitative estimate of drug-likeness (QED) is 0.373. The van der Waals surface area contributed by atoms with E-state index in [9.17, 15) is 9.59 Å². The van der Waals surface area contributed by atoms with Gasteiger partial charge in [0.2, 0.25) is 11.8 Å². The summed E-state index contributed by atoms with van der Waals surface area (Å²) in [4.78, 5) is 28.1. The fourth-order valence-corrected chi connectivity index (χ4v) is 5.07. The van der Waals surface area contributed by atoms with E-state index in [0.29, 0.717) is 22.0 Å². The second kappa shape index (κ2) is 13.3. The van der Waals surface area contributed by atoms with Gasteiger partial charge in [0.05, 0.1) is 5.75 Å². The lowest BCUT2D eigenvalue weighted by Gasteiger charge is -2.32. The van der Waals surface area contributed by atoms with Gasteiger partial charge in [-0.3, -0.25) is 9.59 Å². The molecule has 0 unspecified atom stereocenters. The number of carbonyl (C=O) groups excluding carboxylic acids is 2. The highest BCUT2D eigenvalue weighted by Crippen LogP contribution is 2.27. The van der Waals surface area contributed by atoms with Gasteiger partial charge in [0.1, 0.15) is 6.04 Å². The molecule has 0 radical (unpaired) electrons. The highest BCUT2D eigenvalue weighted by atomic mass is 35.5. The molecule has 0 spiro atoms. The fraction of sp³-hybridized carbons (Fsp3) is 0.462. The summed E-state index contributed by atoms with van der Waals surface area (Å²) in [5.74, 6) is 0.738. The Morgan fingerprint density at radius 1 is 1.03 bits per heavy atom. The summed E-state index contributed by atoms with van der Waals surface area (Å²) < 4.78 is 0. The minimum absolute atomic E-state index is 0.0336. The summed E-state index contributed by atoms with van der Waals surface area (Å²) in [5, 5.41) is 3.99. The third kappa shape index (κ3) is 8.24. The molecule has 4 nitrogen and oxygen atoms in total. The first-order valence-electron chi connectivity index (χ1n) is 11.3. The van der Waals surface area contributed by atoms with E-state index in [4.69, 9.17) is 23.2 Å². The number of hydrogen-bond donors (Lipinski definition) is 1. The monoisotopic (exact) mass is 508 g/mol. The van der Waals surface area contributed by atoms with Gasteiger partial charge in [-0.15, -0.1) is 11.8 Å². The maximum absolute atomic E-state index is 13.4. The van der Waals surface area contributed by atoms with Crippen molar-refractivity contribution in [1.82, 2.24) is 10.2 Å². The molecule has 0 aliphatic carbocycles. The van der Waals surface area contributed by atoms with Crippen LogP contribution in [0.15, 0.2) is 36.4 Å². The minimum atomic E-state index is -0.597. The third-order valence-corrected chi connectivity index (χ3v) is 7.25. The molecule has 0 aliphatic heterocycles. The van der Waals surface area contributed by atoms with Crippen LogP contribution in [0.25, 0.3) is 0 Å². The molecule has 0 aliphatic rings. The maximum atomic E-state index is 13.4. The van der Waals surface area contributed by atoms with Crippen LogP contribution in [0.3, 0.4) is 0 Å². The van der Waals surface area contributed by atoms with Crippen molar-refractivity contribution in [3.05, 3.63) is 68.7 Å². The molecule has 2 rings (SSSR count). The number of amides is 2. The van der Waals surface area contributed by atoms with E-state index in [1.165, 1.54) is 16.7 Å². The van der Waals surface area contributed by atoms with Crippen LogP contribution in [-0.2, 0) is 21.9 Å². The van der Waals surface area contributed by atoms with Gasteiger partial charge in [0, 0.05) is 33.9 Å². The van der Waals surface area contributed by atoms with Crippen molar-refractivity contribution < 1.29 is 9.59 Å². The molecule has 2 aromatic rings. The molecule has 33 heavy (non-hydrogen) atoms. The van der Waals surface area contributed by atoms with Crippen molar-refractivity contribution in [3.63, 3.8) is 0 Å². The molecule has 0 saturated heterocycles. The average molecular weight is 510 g/mol. The molecule has 2 amide bonds. The smallest absolute Gasteiger partial charge is 0.243 e. The number of rotatable bonds is 11. The Kier molecular flexibility index (Phi) is 11.1. The predicted molar refractivity (Wildman–Crippen MR) is 141 cm³/mol. The van der Waals surface area contributed by atoms with E-state index in [0.717, 1.165) is 12.2 Å². The standard InChI is InChI=1S/C26H34Cl2N2O2S/c1-6-19(5)29-26(32)24(7-2)30(14-21-22(27)9-8-10-23(21)28)25(31)16-33-15-20-12-17(3)11-18(4)13-20/h8-13,19,24H,6-7,14-16H2,1-5H3,(H,29,32)/t19-,24+/m0/s1. The summed E-state index contributed by atoms with van der Waals surface area (Å²) in [6.45, 7) is 10.2. The summed E-state index contributed by atoms with van der Waals surface area (Å²) in [7, 11) is 0. The molecule has 0 fully saturated rings. The van der Waals surface area contributed by atoms with Gasteiger partial charge in [0.15, 0.2) is 0 Å². The topological polar surface area (TPSA) is 49.4 Å². The second-order valence-corrected chi connectivity index (χ2v) is 10.3. The Morgan fingerprint density at radius 3 is 2.18 bits per heavy atom. The van der Waals surface area contributed by atoms with Gasteiger partial charge in [0.25, 0.3) is 0 Å². The number of nitrogens with one attached hydrogen (secondary N) is 1. The lowest BCUT2D eigenvalue weighted by Crippen LogP contribution is -2.51. The van der Waals surface area contributed by atoms with Crippen molar-refractivity contribution in [2.24, 2.45) is 0 Å². The Labute approximate surface area is 212 Å². The molecular weight excluding hydrogens is 475 g/mol. The van der Waals surface area contributed by atoms with Crippen molar-refractivity contribution >= 4 is 46.8 Å². The van der Waals surface area contributed by atoms with Gasteiger partial charge in [-0.1, -0.05) is 72.4 Å². The van der Waals surface area contributed by atoms with Crippen molar-refractivity contribution in [1.29, 1.82) is 0 Å². The first-order chi connectivity index (χ1) is 15.7. The zero-order chi connectivity index (χ0) is 24.5. The van der Waals surface area contributed by atoms with Gasteiger partial charge < -0.3 is 10.2 Å². The van der Waals surface area contributed by atoms with Crippen LogP contribution < -0.4 is 5.32 Å². The van der Waals surface area contributed by atoms with Crippen LogP contribution in [0.2, 0.25) is 10.0 Å². The summed E-state index contributed by atoms with van der Waals surface area (Å²) in [6, 6.07) is 11.1. The lowest BCUT2D eigenvalue weighted by atomic mass is 10.1. The Balaban J connectivity index is 2.22. The van der Waals surface area contributed by atoms with Crippen LogP contribution in [0.5, 0.6) is 0 Å². The summed E-state index contributed by atoms with van der Waals surface area (Å²) >= 11 is 14.3. The molecule has 2 atom stereocenters. The number of hydrogen-bond acceptors (Lipinski definition) is 3. The van der Waals surface area contributed by atoms with Crippen LogP contribution in [0.1, 0.15) is 55.9 Å². The zero-order valence-electron chi connectivity index (χ0n) is 20.1. The molecule has 0 saturated carbocycles. The third-order valence-electron chi connectivity index (χ3n) is 5.55. The number of thioether (sulfide) groups is 1. The van der Waals surface area contributed by atoms with Gasteiger partial charge in [-0.2, -0.15) is 0 Å². The normalized spacial score (nSPS) is 12.8. The van der Waals surface area contributed by atoms with E-state index in [1.807, 2.05) is 20.8 Å². The van der Waals surface area contributed by atoms with Gasteiger partial charge in [-0.25, -0.2) is 0 Å². The van der Waals surface area contributed by atoms with Crippen molar-refractivity contribution in [2.75, 3.05) is 5.75 Å². The van der Waals surface area contributed by atoms with Crippen LogP contribution in [-0.4, -0.2) is 34.6 Å². The second-order valence-electron chi connectivity index (χ2n) is 8.45. The molecule has 0 heterocycles. The Morgan fingerprint density at radius 2 is 1.64 bits per heavy atom. The number of halogens is 2. The number of carbonyl (C=O) groups is 2. The van der Waals surface area contributed by atoms with Gasteiger partial charge >= 0.3 is 0 Å². The number of benzene rings is 2. The highest BCUT2D eigenvalue weighted by molar-refractivity contribution is 7.99. The SMILES string of the molecule is CC[C@H](C(=O)N[C@@H](C)CC)N(Cc1c(Cl)cccc1Cl)C(=O)CSCc1cc(C)cc(C)c1. The van der Waals surface area contributed by atoms with Crippen molar-refractivity contribution in [3.8, 4) is 0 Å². The first-order valence-corrected chi connectivity index (χ1v) is 13.2. The highest BCUT2D eigenvalue weighted by Gasteiger charge is 2.30.